The molecule has 0 aliphatic carbocycles. The van der Waals surface area contributed by atoms with Gasteiger partial charge in [0.15, 0.2) is 0 Å². The molecule has 0 fully saturated rings. The third kappa shape index (κ3) is 34.3. The Morgan fingerprint density at radius 3 is 1.54 bits per heavy atom. The van der Waals surface area contributed by atoms with E-state index in [-0.39, 0.29) is 19.6 Å². The third-order valence-corrected chi connectivity index (χ3v) is 10.4. The molecule has 0 radical (unpaired) electrons. The van der Waals surface area contributed by atoms with Crippen molar-refractivity contribution in [2.24, 2.45) is 5.73 Å². The van der Waals surface area contributed by atoms with Gasteiger partial charge in [-0.05, 0) is 19.3 Å². The smallest absolute Gasteiger partial charge is 0.393 e. The van der Waals surface area contributed by atoms with Gasteiger partial charge in [0.2, 0.25) is 5.91 Å². The van der Waals surface area contributed by atoms with Crippen LogP contribution in [0.2, 0.25) is 0 Å². The van der Waals surface area contributed by atoms with Gasteiger partial charge < -0.3 is 26.2 Å². The third-order valence-electron chi connectivity index (χ3n) is 9.42. The number of carbonyl (C=O) groups is 1. The number of phosphoric acid groups is 1. The lowest BCUT2D eigenvalue weighted by Gasteiger charge is -2.24. The monoisotopic (exact) mass is 733 g/mol. The SMILES string of the molecule is CCCCCCCCC/C=C/C(O)C(COP(=O)(O)OCCN)NC(=O)CC(O)CCCCCCCCCCCCCCCCCCCCC. The van der Waals surface area contributed by atoms with E-state index in [2.05, 4.69) is 19.2 Å². The molecule has 0 aromatic rings. The van der Waals surface area contributed by atoms with Crippen molar-refractivity contribution in [2.75, 3.05) is 19.8 Å². The van der Waals surface area contributed by atoms with Crippen LogP contribution in [-0.2, 0) is 18.4 Å². The van der Waals surface area contributed by atoms with E-state index in [0.29, 0.717) is 6.42 Å². The molecule has 298 valence electrons. The number of amides is 1. The van der Waals surface area contributed by atoms with Crippen molar-refractivity contribution in [3.8, 4) is 0 Å². The predicted molar refractivity (Wildman–Crippen MR) is 209 cm³/mol. The van der Waals surface area contributed by atoms with Crippen molar-refractivity contribution in [3.63, 3.8) is 0 Å². The van der Waals surface area contributed by atoms with Gasteiger partial charge in [-0.1, -0.05) is 187 Å². The number of allylic oxidation sites excluding steroid dienone is 1. The highest BCUT2D eigenvalue weighted by atomic mass is 31.2. The Morgan fingerprint density at radius 1 is 0.680 bits per heavy atom. The molecule has 0 aromatic carbocycles. The molecule has 9 nitrogen and oxygen atoms in total. The first-order valence-corrected chi connectivity index (χ1v) is 22.4. The highest BCUT2D eigenvalue weighted by molar-refractivity contribution is 7.47. The summed E-state index contributed by atoms with van der Waals surface area (Å²) >= 11 is 0. The van der Waals surface area contributed by atoms with Gasteiger partial charge in [0.1, 0.15) is 0 Å². The van der Waals surface area contributed by atoms with E-state index in [1.54, 1.807) is 6.08 Å². The Labute approximate surface area is 307 Å². The van der Waals surface area contributed by atoms with Gasteiger partial charge in [-0.3, -0.25) is 13.8 Å². The summed E-state index contributed by atoms with van der Waals surface area (Å²) in [5.41, 5.74) is 5.34. The summed E-state index contributed by atoms with van der Waals surface area (Å²) in [6.45, 7) is 3.94. The maximum Gasteiger partial charge on any atom is 0.472 e. The molecule has 0 saturated heterocycles. The molecule has 0 aromatic heterocycles. The number of hydrogen-bond acceptors (Lipinski definition) is 7. The van der Waals surface area contributed by atoms with Gasteiger partial charge in [-0.15, -0.1) is 0 Å². The van der Waals surface area contributed by atoms with E-state index in [4.69, 9.17) is 14.8 Å². The lowest BCUT2D eigenvalue weighted by Crippen LogP contribution is -2.46. The number of aliphatic hydroxyl groups is 2. The number of nitrogens with one attached hydrogen (secondary N) is 1. The molecule has 4 atom stereocenters. The van der Waals surface area contributed by atoms with Crippen molar-refractivity contribution >= 4 is 13.7 Å². The molecule has 1 amide bonds. The Bertz CT molecular complexity index is 817. The van der Waals surface area contributed by atoms with Crippen LogP contribution in [0.25, 0.3) is 0 Å². The van der Waals surface area contributed by atoms with Crippen molar-refractivity contribution < 1.29 is 33.5 Å². The Balaban J connectivity index is 4.18. The van der Waals surface area contributed by atoms with E-state index in [9.17, 15) is 24.5 Å². The molecule has 0 heterocycles. The first kappa shape index (κ1) is 49.2. The van der Waals surface area contributed by atoms with E-state index < -0.39 is 38.6 Å². The summed E-state index contributed by atoms with van der Waals surface area (Å²) in [5, 5.41) is 23.9. The second kappa shape index (κ2) is 36.6. The molecule has 10 heteroatoms. The first-order valence-electron chi connectivity index (χ1n) is 20.9. The minimum Gasteiger partial charge on any atom is -0.393 e. The summed E-state index contributed by atoms with van der Waals surface area (Å²) < 4.78 is 22.0. The normalized spacial score (nSPS) is 14.9. The Kier molecular flexibility index (Phi) is 36.0. The van der Waals surface area contributed by atoms with Gasteiger partial charge in [-0.2, -0.15) is 0 Å². The summed E-state index contributed by atoms with van der Waals surface area (Å²) in [5.74, 6) is -0.445. The van der Waals surface area contributed by atoms with E-state index in [1.807, 2.05) is 6.08 Å². The van der Waals surface area contributed by atoms with E-state index >= 15 is 0 Å². The van der Waals surface area contributed by atoms with Crippen molar-refractivity contribution in [3.05, 3.63) is 12.2 Å². The Morgan fingerprint density at radius 2 is 1.10 bits per heavy atom. The number of unbranched alkanes of at least 4 members (excludes halogenated alkanes) is 25. The average Bonchev–Trinajstić information content (AvgIpc) is 3.09. The van der Waals surface area contributed by atoms with Crippen LogP contribution in [0.5, 0.6) is 0 Å². The standard InChI is InChI=1S/C40H81N2O7P/c1-3-5-7-9-11-13-14-15-16-17-18-19-20-21-22-24-25-27-29-31-37(43)35-40(45)42-38(36-49-50(46,47)48-34-33-41)39(44)32-30-28-26-23-12-10-8-6-4-2/h30,32,37-39,43-44H,3-29,31,33-36,41H2,1-2H3,(H,42,45)(H,46,47)/b32-30+. The molecule has 0 rings (SSSR count). The van der Waals surface area contributed by atoms with Crippen molar-refractivity contribution in [1.29, 1.82) is 0 Å². The van der Waals surface area contributed by atoms with Gasteiger partial charge in [0.05, 0.1) is 37.9 Å². The molecule has 0 aliphatic heterocycles. The summed E-state index contributed by atoms with van der Waals surface area (Å²) in [7, 11) is -4.39. The molecule has 0 saturated carbocycles. The largest absolute Gasteiger partial charge is 0.472 e. The minimum atomic E-state index is -4.39. The molecule has 6 N–H and O–H groups in total. The van der Waals surface area contributed by atoms with Crippen LogP contribution < -0.4 is 11.1 Å². The quantitative estimate of drug-likeness (QED) is 0.0238. The topological polar surface area (TPSA) is 151 Å². The molecule has 50 heavy (non-hydrogen) atoms. The van der Waals surface area contributed by atoms with Crippen LogP contribution >= 0.6 is 7.82 Å². The fourth-order valence-corrected chi connectivity index (χ4v) is 6.99. The minimum absolute atomic E-state index is 0.0510. The van der Waals surface area contributed by atoms with Crippen LogP contribution in [0.4, 0.5) is 0 Å². The molecular weight excluding hydrogens is 651 g/mol. The average molecular weight is 733 g/mol. The number of hydrogen-bond donors (Lipinski definition) is 5. The van der Waals surface area contributed by atoms with E-state index in [1.165, 1.54) is 135 Å². The fraction of sp³-hybridized carbons (Fsp3) is 0.925. The van der Waals surface area contributed by atoms with Gasteiger partial charge in [0, 0.05) is 6.54 Å². The lowest BCUT2D eigenvalue weighted by atomic mass is 10.0. The fourth-order valence-electron chi connectivity index (χ4n) is 6.23. The van der Waals surface area contributed by atoms with Crippen LogP contribution in [0.15, 0.2) is 12.2 Å². The molecule has 0 aliphatic rings. The second-order valence-electron chi connectivity index (χ2n) is 14.4. The highest BCUT2D eigenvalue weighted by Gasteiger charge is 2.27. The molecule has 4 unspecified atom stereocenters. The maximum atomic E-state index is 12.7. The van der Waals surface area contributed by atoms with Crippen molar-refractivity contribution in [2.45, 2.75) is 218 Å². The molecular formula is C40H81N2O7P. The maximum absolute atomic E-state index is 12.7. The number of rotatable bonds is 39. The van der Waals surface area contributed by atoms with E-state index in [0.717, 1.165) is 38.5 Å². The van der Waals surface area contributed by atoms with Gasteiger partial charge in [0.25, 0.3) is 0 Å². The predicted octanol–water partition coefficient (Wildman–Crippen LogP) is 10.2. The highest BCUT2D eigenvalue weighted by Crippen LogP contribution is 2.43. The van der Waals surface area contributed by atoms with Crippen LogP contribution in [0.1, 0.15) is 200 Å². The molecule has 0 spiro atoms. The summed E-state index contributed by atoms with van der Waals surface area (Å²) in [4.78, 5) is 22.6. The summed E-state index contributed by atoms with van der Waals surface area (Å²) in [6.07, 6.45) is 36.0. The second-order valence-corrected chi connectivity index (χ2v) is 15.9. The first-order chi connectivity index (χ1) is 24.3. The van der Waals surface area contributed by atoms with Crippen LogP contribution in [-0.4, -0.2) is 59.0 Å². The zero-order valence-electron chi connectivity index (χ0n) is 32.5. The van der Waals surface area contributed by atoms with Gasteiger partial charge in [-0.25, -0.2) is 4.57 Å². The zero-order valence-corrected chi connectivity index (χ0v) is 33.4. The van der Waals surface area contributed by atoms with Crippen molar-refractivity contribution in [1.82, 2.24) is 5.32 Å². The lowest BCUT2D eigenvalue weighted by molar-refractivity contribution is -0.124. The van der Waals surface area contributed by atoms with Gasteiger partial charge >= 0.3 is 7.82 Å². The number of carbonyl (C=O) groups excluding carboxylic acids is 1. The number of phosphoric ester groups is 1. The summed E-state index contributed by atoms with van der Waals surface area (Å²) in [6, 6.07) is -0.975. The van der Waals surface area contributed by atoms with Crippen LogP contribution in [0, 0.1) is 0 Å². The zero-order chi connectivity index (χ0) is 37.0. The Hall–Kier alpha value is -0.800. The number of aliphatic hydroxyl groups excluding tert-OH is 2. The molecule has 0 bridgehead atoms. The number of nitrogens with two attached hydrogens (primary N) is 1. The van der Waals surface area contributed by atoms with Crippen LogP contribution in [0.3, 0.4) is 0 Å².